The summed E-state index contributed by atoms with van der Waals surface area (Å²) in [6, 6.07) is 0. The van der Waals surface area contributed by atoms with Crippen LogP contribution in [0, 0.1) is 0 Å². The second kappa shape index (κ2) is 17.0. The smallest absolute Gasteiger partial charge is 0.481 e. The molecule has 10 N–H and O–H groups in total. The van der Waals surface area contributed by atoms with Gasteiger partial charge in [-0.05, 0) is 0 Å². The van der Waals surface area contributed by atoms with Crippen LogP contribution in [0.15, 0.2) is 0 Å². The third kappa shape index (κ3) is 24.4. The van der Waals surface area contributed by atoms with Gasteiger partial charge in [-0.1, -0.05) is 0 Å². The van der Waals surface area contributed by atoms with E-state index < -0.39 is 48.9 Å². The van der Waals surface area contributed by atoms with Crippen LogP contribution in [0.1, 0.15) is 12.8 Å². The van der Waals surface area contributed by atoms with Crippen molar-refractivity contribution in [3.8, 4) is 0 Å². The van der Waals surface area contributed by atoms with Crippen LogP contribution >= 0.6 is 0 Å². The minimum atomic E-state index is -1.79. The largest absolute Gasteiger partial charge is 2.00 e. The molecule has 0 saturated carbocycles. The molecule has 2 unspecified atom stereocenters. The SMILES string of the molecule is O.O.O=C(O)CC(O)C(=O)O.O=C(O)CC(O)C(=O)O.[Ca+2]. The number of carbonyl (C=O) groups is 4. The van der Waals surface area contributed by atoms with Crippen molar-refractivity contribution in [1.82, 2.24) is 0 Å². The number of aliphatic carboxylic acids is 4. The van der Waals surface area contributed by atoms with E-state index in [1.807, 2.05) is 0 Å². The zero-order valence-electron chi connectivity index (χ0n) is 10.6. The van der Waals surface area contributed by atoms with Gasteiger partial charge in [0.05, 0.1) is 12.8 Å². The molecule has 0 fully saturated rings. The van der Waals surface area contributed by atoms with Crippen LogP contribution in [0.25, 0.3) is 0 Å². The number of rotatable bonds is 6. The van der Waals surface area contributed by atoms with E-state index in [4.69, 9.17) is 30.6 Å². The molecule has 0 radical (unpaired) electrons. The zero-order chi connectivity index (χ0) is 14.9. The first-order valence-corrected chi connectivity index (χ1v) is 4.33. The van der Waals surface area contributed by atoms with Crippen LogP contribution in [0.3, 0.4) is 0 Å². The second-order valence-electron chi connectivity index (χ2n) is 2.90. The molecule has 0 aromatic rings. The number of carboxylic acid groups (broad SMARTS) is 4. The summed E-state index contributed by atoms with van der Waals surface area (Å²) in [4.78, 5) is 38.8. The molecule has 0 aliphatic rings. The fourth-order valence-corrected chi connectivity index (χ4v) is 0.505. The van der Waals surface area contributed by atoms with E-state index in [-0.39, 0.29) is 48.7 Å². The van der Waals surface area contributed by atoms with E-state index in [2.05, 4.69) is 0 Å². The Hall–Kier alpha value is -1.02. The molecule has 120 valence electrons. The predicted molar refractivity (Wildman–Crippen MR) is 64.8 cm³/mol. The molecule has 0 spiro atoms. The molecule has 13 heteroatoms. The Morgan fingerprint density at radius 3 is 0.905 bits per heavy atom. The Labute approximate surface area is 147 Å². The average Bonchev–Trinajstić information content (AvgIpc) is 2.16. The minimum Gasteiger partial charge on any atom is -0.481 e. The van der Waals surface area contributed by atoms with Gasteiger partial charge < -0.3 is 41.6 Å². The van der Waals surface area contributed by atoms with Crippen molar-refractivity contribution in [2.45, 2.75) is 25.0 Å². The number of hydrogen-bond acceptors (Lipinski definition) is 6. The summed E-state index contributed by atoms with van der Waals surface area (Å²) in [5.74, 6) is -5.69. The minimum absolute atomic E-state index is 0. The maximum absolute atomic E-state index is 9.72. The van der Waals surface area contributed by atoms with Crippen molar-refractivity contribution >= 4 is 61.6 Å². The molecule has 0 aliphatic heterocycles. The van der Waals surface area contributed by atoms with Crippen molar-refractivity contribution in [2.75, 3.05) is 0 Å². The number of aliphatic hydroxyl groups excluding tert-OH is 2. The summed E-state index contributed by atoms with van der Waals surface area (Å²) in [7, 11) is 0. The maximum atomic E-state index is 9.72. The van der Waals surface area contributed by atoms with Gasteiger partial charge in [0.2, 0.25) is 0 Å². The van der Waals surface area contributed by atoms with Gasteiger partial charge >= 0.3 is 61.6 Å². The summed E-state index contributed by atoms with van der Waals surface area (Å²) >= 11 is 0. The van der Waals surface area contributed by atoms with Gasteiger partial charge in [-0.3, -0.25) is 9.59 Å². The molecule has 2 atom stereocenters. The topological polar surface area (TPSA) is 253 Å². The van der Waals surface area contributed by atoms with Crippen LogP contribution in [0.5, 0.6) is 0 Å². The van der Waals surface area contributed by atoms with Crippen LogP contribution in [-0.2, 0) is 19.2 Å². The van der Waals surface area contributed by atoms with Crippen LogP contribution < -0.4 is 0 Å². The fraction of sp³-hybridized carbons (Fsp3) is 0.500. The van der Waals surface area contributed by atoms with E-state index in [0.717, 1.165) is 0 Å². The van der Waals surface area contributed by atoms with Gasteiger partial charge in [0.1, 0.15) is 0 Å². The summed E-state index contributed by atoms with van der Waals surface area (Å²) in [5, 5.41) is 48.3. The molecular formula is C8H16CaO12+2. The van der Waals surface area contributed by atoms with Crippen LogP contribution in [0.2, 0.25) is 0 Å². The molecule has 0 rings (SSSR count). The second-order valence-corrected chi connectivity index (χ2v) is 2.90. The molecule has 0 amide bonds. The Kier molecular flexibility index (Phi) is 26.0. The van der Waals surface area contributed by atoms with Crippen molar-refractivity contribution in [1.29, 1.82) is 0 Å². The zero-order valence-corrected chi connectivity index (χ0v) is 12.8. The van der Waals surface area contributed by atoms with Crippen LogP contribution in [0.4, 0.5) is 0 Å². The van der Waals surface area contributed by atoms with E-state index in [9.17, 15) is 19.2 Å². The summed E-state index contributed by atoms with van der Waals surface area (Å²) < 4.78 is 0. The summed E-state index contributed by atoms with van der Waals surface area (Å²) in [6.45, 7) is 0. The van der Waals surface area contributed by atoms with Gasteiger partial charge in [-0.25, -0.2) is 9.59 Å². The number of carboxylic acids is 4. The van der Waals surface area contributed by atoms with Gasteiger partial charge in [-0.2, -0.15) is 0 Å². The van der Waals surface area contributed by atoms with E-state index in [0.29, 0.717) is 0 Å². The van der Waals surface area contributed by atoms with Gasteiger partial charge in [0.15, 0.2) is 12.2 Å². The molecule has 0 heterocycles. The standard InChI is InChI=1S/2C4H6O5.Ca.2H2O/c2*5-2(4(8)9)1-3(6)7;;;/h2*2,5H,1H2,(H,6,7)(H,8,9);;2*1H2/q;;+2;;. The molecule has 21 heavy (non-hydrogen) atoms. The molecular weight excluding hydrogens is 328 g/mol. The normalized spacial score (nSPS) is 10.8. The molecule has 0 saturated heterocycles. The van der Waals surface area contributed by atoms with Gasteiger partial charge in [-0.15, -0.1) is 0 Å². The van der Waals surface area contributed by atoms with Crippen molar-refractivity contribution < 1.29 is 60.8 Å². The third-order valence-corrected chi connectivity index (χ3v) is 1.31. The molecule has 0 aliphatic carbocycles. The molecule has 0 aromatic carbocycles. The van der Waals surface area contributed by atoms with Gasteiger partial charge in [0.25, 0.3) is 0 Å². The molecule has 0 bridgehead atoms. The van der Waals surface area contributed by atoms with E-state index in [1.165, 1.54) is 0 Å². The van der Waals surface area contributed by atoms with Crippen molar-refractivity contribution in [3.05, 3.63) is 0 Å². The number of aliphatic hydroxyl groups is 2. The van der Waals surface area contributed by atoms with E-state index >= 15 is 0 Å². The predicted octanol–water partition coefficient (Wildman–Crippen LogP) is -4.22. The van der Waals surface area contributed by atoms with Crippen molar-refractivity contribution in [2.24, 2.45) is 0 Å². The summed E-state index contributed by atoms with van der Waals surface area (Å²) in [5.41, 5.74) is 0. The number of hydrogen-bond donors (Lipinski definition) is 6. The molecule has 0 aromatic heterocycles. The maximum Gasteiger partial charge on any atom is 2.00 e. The molecule has 12 nitrogen and oxygen atoms in total. The first-order chi connectivity index (χ1) is 8.07. The Bertz CT molecular complexity index is 297. The van der Waals surface area contributed by atoms with E-state index in [1.54, 1.807) is 0 Å². The van der Waals surface area contributed by atoms with Crippen molar-refractivity contribution in [3.63, 3.8) is 0 Å². The first-order valence-electron chi connectivity index (χ1n) is 4.33. The van der Waals surface area contributed by atoms with Crippen LogP contribution in [-0.4, -0.2) is 115 Å². The fourth-order valence-electron chi connectivity index (χ4n) is 0.505. The first kappa shape index (κ1) is 32.1. The van der Waals surface area contributed by atoms with Gasteiger partial charge in [0, 0.05) is 0 Å². The Morgan fingerprint density at radius 2 is 0.857 bits per heavy atom. The monoisotopic (exact) mass is 344 g/mol. The average molecular weight is 344 g/mol. The summed E-state index contributed by atoms with van der Waals surface area (Å²) in [6.07, 6.45) is -5.09. The Morgan fingerprint density at radius 1 is 0.667 bits per heavy atom. The quantitative estimate of drug-likeness (QED) is 0.253. The Balaban J connectivity index is -0.0000000711. The third-order valence-electron chi connectivity index (χ3n) is 1.31.